The molecule has 2 rings (SSSR count). The molecule has 0 spiro atoms. The fourth-order valence-corrected chi connectivity index (χ4v) is 4.29. The van der Waals surface area contributed by atoms with Crippen LogP contribution in [0.25, 0.3) is 0 Å². The van der Waals surface area contributed by atoms with Crippen molar-refractivity contribution < 1.29 is 22.7 Å². The summed E-state index contributed by atoms with van der Waals surface area (Å²) >= 11 is 9.12. The van der Waals surface area contributed by atoms with Crippen molar-refractivity contribution in [2.45, 2.75) is 4.90 Å². The Morgan fingerprint density at radius 2 is 1.80 bits per heavy atom. The molecular weight excluding hydrogens is 434 g/mol. The Bertz CT molecular complexity index is 871. The number of rotatable bonds is 6. The molecule has 0 radical (unpaired) electrons. The summed E-state index contributed by atoms with van der Waals surface area (Å²) in [5.74, 6) is -0.198. The first-order valence-electron chi connectivity index (χ1n) is 6.98. The van der Waals surface area contributed by atoms with Crippen molar-refractivity contribution in [3.63, 3.8) is 0 Å². The number of benzene rings is 2. The van der Waals surface area contributed by atoms with Gasteiger partial charge >= 0.3 is 5.97 Å². The molecule has 134 valence electrons. The van der Waals surface area contributed by atoms with Crippen LogP contribution in [-0.2, 0) is 19.6 Å². The van der Waals surface area contributed by atoms with Gasteiger partial charge in [0.25, 0.3) is 10.0 Å². The highest BCUT2D eigenvalue weighted by Crippen LogP contribution is 2.31. The Morgan fingerprint density at radius 1 is 1.16 bits per heavy atom. The lowest BCUT2D eigenvalue weighted by Crippen LogP contribution is -2.36. The van der Waals surface area contributed by atoms with Gasteiger partial charge in [-0.15, -0.1) is 0 Å². The Kier molecular flexibility index (Phi) is 6.31. The Balaban J connectivity index is 2.52. The van der Waals surface area contributed by atoms with Gasteiger partial charge in [0.05, 0.1) is 29.3 Å². The number of sulfonamides is 1. The minimum Gasteiger partial charge on any atom is -0.496 e. The third-order valence-electron chi connectivity index (χ3n) is 3.33. The molecule has 0 saturated heterocycles. The molecule has 25 heavy (non-hydrogen) atoms. The molecule has 0 amide bonds. The minimum atomic E-state index is -4.02. The smallest absolute Gasteiger partial charge is 0.326 e. The van der Waals surface area contributed by atoms with E-state index in [1.807, 2.05) is 0 Å². The van der Waals surface area contributed by atoms with Gasteiger partial charge in [-0.25, -0.2) is 8.42 Å². The highest BCUT2D eigenvalue weighted by Gasteiger charge is 2.28. The zero-order valence-electron chi connectivity index (χ0n) is 13.4. The zero-order valence-corrected chi connectivity index (χ0v) is 16.6. The molecule has 6 nitrogen and oxygen atoms in total. The average molecular weight is 449 g/mol. The third-order valence-corrected chi connectivity index (χ3v) is 5.97. The van der Waals surface area contributed by atoms with Crippen LogP contribution in [0.4, 0.5) is 5.69 Å². The number of carbonyl (C=O) groups excluding carboxylic acids is 1. The van der Waals surface area contributed by atoms with Crippen molar-refractivity contribution in [1.29, 1.82) is 0 Å². The number of esters is 1. The monoisotopic (exact) mass is 447 g/mol. The molecule has 2 aromatic rings. The van der Waals surface area contributed by atoms with Gasteiger partial charge in [-0.05, 0) is 58.4 Å². The van der Waals surface area contributed by atoms with Gasteiger partial charge in [0.15, 0.2) is 0 Å². The largest absolute Gasteiger partial charge is 0.496 e. The lowest BCUT2D eigenvalue weighted by atomic mass is 10.3. The number of ether oxygens (including phenoxy) is 2. The molecular formula is C16H15BrClNO5S. The molecule has 0 bridgehead atoms. The number of hydrogen-bond donors (Lipinski definition) is 0. The maximum atomic E-state index is 13.0. The molecule has 0 saturated carbocycles. The van der Waals surface area contributed by atoms with Crippen LogP contribution in [0.1, 0.15) is 0 Å². The summed E-state index contributed by atoms with van der Waals surface area (Å²) in [6.45, 7) is -0.468. The van der Waals surface area contributed by atoms with E-state index >= 15 is 0 Å². The molecule has 9 heteroatoms. The molecule has 0 atom stereocenters. The molecule has 0 unspecified atom stereocenters. The second-order valence-corrected chi connectivity index (χ2v) is 8.01. The zero-order chi connectivity index (χ0) is 18.6. The first-order valence-corrected chi connectivity index (χ1v) is 9.59. The van der Waals surface area contributed by atoms with Gasteiger partial charge in [0.2, 0.25) is 0 Å². The summed E-state index contributed by atoms with van der Waals surface area (Å²) in [5, 5.41) is 0.450. The SMILES string of the molecule is COC(=O)CN(c1ccc(Cl)cc1)S(=O)(=O)c1ccc(OC)c(Br)c1. The molecule has 0 heterocycles. The van der Waals surface area contributed by atoms with Gasteiger partial charge in [0, 0.05) is 5.02 Å². The van der Waals surface area contributed by atoms with E-state index in [1.165, 1.54) is 44.6 Å². The molecule has 0 aromatic heterocycles. The lowest BCUT2D eigenvalue weighted by Gasteiger charge is -2.23. The van der Waals surface area contributed by atoms with Crippen molar-refractivity contribution in [2.24, 2.45) is 0 Å². The van der Waals surface area contributed by atoms with Gasteiger partial charge in [0.1, 0.15) is 12.3 Å². The average Bonchev–Trinajstić information content (AvgIpc) is 2.60. The predicted molar refractivity (Wildman–Crippen MR) is 98.7 cm³/mol. The van der Waals surface area contributed by atoms with Crippen molar-refractivity contribution in [2.75, 3.05) is 25.1 Å². The fourth-order valence-electron chi connectivity index (χ4n) is 2.04. The van der Waals surface area contributed by atoms with E-state index in [0.29, 0.717) is 20.9 Å². The van der Waals surface area contributed by atoms with Crippen molar-refractivity contribution in [3.8, 4) is 5.75 Å². The number of methoxy groups -OCH3 is 2. The van der Waals surface area contributed by atoms with Crippen LogP contribution in [0.15, 0.2) is 51.8 Å². The quantitative estimate of drug-likeness (QED) is 0.633. The van der Waals surface area contributed by atoms with Crippen LogP contribution < -0.4 is 9.04 Å². The van der Waals surface area contributed by atoms with E-state index in [0.717, 1.165) is 4.31 Å². The summed E-state index contributed by atoms with van der Waals surface area (Å²) in [6, 6.07) is 10.5. The molecule has 2 aromatic carbocycles. The topological polar surface area (TPSA) is 72.9 Å². The van der Waals surface area contributed by atoms with E-state index in [4.69, 9.17) is 16.3 Å². The van der Waals surface area contributed by atoms with Crippen LogP contribution in [0, 0.1) is 0 Å². The standard InChI is InChI=1S/C16H15BrClNO5S/c1-23-15-8-7-13(9-14(15)17)25(21,22)19(10-16(20)24-2)12-5-3-11(18)4-6-12/h3-9H,10H2,1-2H3. The number of nitrogens with zero attached hydrogens (tertiary/aromatic N) is 1. The van der Waals surface area contributed by atoms with Crippen LogP contribution >= 0.6 is 27.5 Å². The Hall–Kier alpha value is -1.77. The summed E-state index contributed by atoms with van der Waals surface area (Å²) in [4.78, 5) is 11.7. The normalized spacial score (nSPS) is 11.0. The van der Waals surface area contributed by atoms with Crippen molar-refractivity contribution >= 4 is 49.2 Å². The second-order valence-electron chi connectivity index (χ2n) is 4.86. The van der Waals surface area contributed by atoms with Crippen LogP contribution in [-0.4, -0.2) is 35.2 Å². The molecule has 0 aliphatic heterocycles. The van der Waals surface area contributed by atoms with Gasteiger partial charge in [-0.2, -0.15) is 0 Å². The van der Waals surface area contributed by atoms with E-state index in [1.54, 1.807) is 12.1 Å². The number of hydrogen-bond acceptors (Lipinski definition) is 5. The molecule has 0 aliphatic carbocycles. The second kappa shape index (κ2) is 8.07. The number of carbonyl (C=O) groups is 1. The molecule has 0 fully saturated rings. The maximum absolute atomic E-state index is 13.0. The number of halogens is 2. The molecule has 0 N–H and O–H groups in total. The summed E-state index contributed by atoms with van der Waals surface area (Å²) < 4.78 is 37.3. The maximum Gasteiger partial charge on any atom is 0.326 e. The third kappa shape index (κ3) is 4.45. The number of anilines is 1. The summed E-state index contributed by atoms with van der Waals surface area (Å²) in [5.41, 5.74) is 0.293. The summed E-state index contributed by atoms with van der Waals surface area (Å²) in [7, 11) is -1.34. The Labute approximate surface area is 159 Å². The minimum absolute atomic E-state index is 0.000900. The highest BCUT2D eigenvalue weighted by atomic mass is 79.9. The summed E-state index contributed by atoms with van der Waals surface area (Å²) in [6.07, 6.45) is 0. The van der Waals surface area contributed by atoms with Gasteiger partial charge < -0.3 is 9.47 Å². The van der Waals surface area contributed by atoms with Crippen molar-refractivity contribution in [3.05, 3.63) is 52.0 Å². The predicted octanol–water partition coefficient (Wildman–Crippen LogP) is 3.48. The van der Waals surface area contributed by atoms with E-state index < -0.39 is 22.5 Å². The van der Waals surface area contributed by atoms with E-state index in [-0.39, 0.29) is 4.90 Å². The van der Waals surface area contributed by atoms with Gasteiger partial charge in [-0.3, -0.25) is 9.10 Å². The highest BCUT2D eigenvalue weighted by molar-refractivity contribution is 9.10. The van der Waals surface area contributed by atoms with Crippen molar-refractivity contribution in [1.82, 2.24) is 0 Å². The van der Waals surface area contributed by atoms with E-state index in [9.17, 15) is 13.2 Å². The van der Waals surface area contributed by atoms with Gasteiger partial charge in [-0.1, -0.05) is 11.6 Å². The first-order chi connectivity index (χ1) is 11.8. The van der Waals surface area contributed by atoms with Crippen LogP contribution in [0.2, 0.25) is 5.02 Å². The van der Waals surface area contributed by atoms with Crippen LogP contribution in [0.3, 0.4) is 0 Å². The first kappa shape index (κ1) is 19.6. The Morgan fingerprint density at radius 3 is 2.32 bits per heavy atom. The van der Waals surface area contributed by atoms with E-state index in [2.05, 4.69) is 20.7 Å². The molecule has 0 aliphatic rings. The van der Waals surface area contributed by atoms with Crippen LogP contribution in [0.5, 0.6) is 5.75 Å². The fraction of sp³-hybridized carbons (Fsp3) is 0.188. The lowest BCUT2D eigenvalue weighted by molar-refractivity contribution is -0.138.